The number of hydrogen-bond donors (Lipinski definition) is 2. The molecule has 3 aromatic rings. The fraction of sp³-hybridized carbons (Fsp3) is 0.379. The standard InChI is InChI=1S/C29H36N4O2.ClH/c1-20(2)16-17-32-19-25(31-28(34)21(3)30-4)29(35)33(27-15-8-7-14-26(27)32)18-23-12-9-11-22-10-5-6-13-24(22)23;/h5-15,20-21,25,30H,16-19H2,1-4H3,(H,31,34);1H/t21-,25-;/m0./s1. The molecule has 192 valence electrons. The number of nitrogens with zero attached hydrogens (tertiary/aromatic N) is 2. The van der Waals surface area contributed by atoms with Crippen LogP contribution >= 0.6 is 12.4 Å². The van der Waals surface area contributed by atoms with E-state index in [0.29, 0.717) is 19.0 Å². The highest BCUT2D eigenvalue weighted by atomic mass is 35.5. The van der Waals surface area contributed by atoms with Crippen LogP contribution in [0.1, 0.15) is 32.8 Å². The Morgan fingerprint density at radius 1 is 0.972 bits per heavy atom. The molecule has 0 fully saturated rings. The minimum absolute atomic E-state index is 0. The normalized spacial score (nSPS) is 16.4. The molecular weight excluding hydrogens is 472 g/mol. The van der Waals surface area contributed by atoms with Gasteiger partial charge in [0.05, 0.1) is 24.0 Å². The molecule has 0 radical (unpaired) electrons. The first-order valence-electron chi connectivity index (χ1n) is 12.5. The summed E-state index contributed by atoms with van der Waals surface area (Å²) in [5.41, 5.74) is 2.99. The molecule has 0 unspecified atom stereocenters. The Morgan fingerprint density at radius 3 is 2.36 bits per heavy atom. The van der Waals surface area contributed by atoms with Crippen LogP contribution < -0.4 is 20.4 Å². The summed E-state index contributed by atoms with van der Waals surface area (Å²) >= 11 is 0. The third-order valence-electron chi connectivity index (χ3n) is 6.81. The highest BCUT2D eigenvalue weighted by molar-refractivity contribution is 6.04. The van der Waals surface area contributed by atoms with Crippen molar-refractivity contribution in [3.63, 3.8) is 0 Å². The average Bonchev–Trinajstić information content (AvgIpc) is 2.97. The van der Waals surface area contributed by atoms with Gasteiger partial charge in [0.1, 0.15) is 6.04 Å². The summed E-state index contributed by atoms with van der Waals surface area (Å²) < 4.78 is 0. The minimum Gasteiger partial charge on any atom is -0.367 e. The van der Waals surface area contributed by atoms with Gasteiger partial charge in [-0.1, -0.05) is 68.4 Å². The SMILES string of the molecule is CN[C@@H](C)C(=O)N[C@H]1CN(CCC(C)C)c2ccccc2N(Cc2cccc3ccccc23)C1=O.Cl. The molecule has 0 saturated carbocycles. The van der Waals surface area contributed by atoms with Gasteiger partial charge in [-0.2, -0.15) is 0 Å². The molecule has 0 saturated heterocycles. The maximum atomic E-state index is 14.0. The molecule has 0 bridgehead atoms. The molecular formula is C29H37ClN4O2. The van der Waals surface area contributed by atoms with Crippen LogP contribution in [0.4, 0.5) is 11.4 Å². The summed E-state index contributed by atoms with van der Waals surface area (Å²) in [6.07, 6.45) is 0.999. The molecule has 4 rings (SSSR count). The zero-order valence-electron chi connectivity index (χ0n) is 21.5. The summed E-state index contributed by atoms with van der Waals surface area (Å²) in [7, 11) is 1.75. The van der Waals surface area contributed by atoms with Gasteiger partial charge in [0.25, 0.3) is 5.91 Å². The summed E-state index contributed by atoms with van der Waals surface area (Å²) in [5.74, 6) is 0.269. The number of halogens is 1. The average molecular weight is 509 g/mol. The summed E-state index contributed by atoms with van der Waals surface area (Å²) in [5, 5.41) is 8.28. The molecule has 2 amide bonds. The van der Waals surface area contributed by atoms with Crippen molar-refractivity contribution >= 4 is 46.4 Å². The van der Waals surface area contributed by atoms with E-state index in [1.807, 2.05) is 41.3 Å². The molecule has 36 heavy (non-hydrogen) atoms. The monoisotopic (exact) mass is 508 g/mol. The first kappa shape index (κ1) is 27.5. The molecule has 0 aliphatic carbocycles. The van der Waals surface area contributed by atoms with E-state index < -0.39 is 6.04 Å². The number of carbonyl (C=O) groups is 2. The first-order chi connectivity index (χ1) is 16.9. The van der Waals surface area contributed by atoms with E-state index in [1.165, 1.54) is 0 Å². The smallest absolute Gasteiger partial charge is 0.251 e. The molecule has 3 aromatic carbocycles. The van der Waals surface area contributed by atoms with Crippen LogP contribution in [-0.2, 0) is 16.1 Å². The van der Waals surface area contributed by atoms with Gasteiger partial charge < -0.3 is 20.4 Å². The van der Waals surface area contributed by atoms with Crippen LogP contribution in [-0.4, -0.2) is 44.0 Å². The predicted octanol–water partition coefficient (Wildman–Crippen LogP) is 4.75. The van der Waals surface area contributed by atoms with Crippen molar-refractivity contribution in [1.29, 1.82) is 0 Å². The number of rotatable bonds is 8. The molecule has 0 spiro atoms. The van der Waals surface area contributed by atoms with E-state index in [0.717, 1.165) is 40.7 Å². The number of benzene rings is 3. The molecule has 0 aromatic heterocycles. The zero-order valence-corrected chi connectivity index (χ0v) is 22.3. The van der Waals surface area contributed by atoms with E-state index in [9.17, 15) is 9.59 Å². The van der Waals surface area contributed by atoms with Gasteiger partial charge in [-0.3, -0.25) is 9.59 Å². The van der Waals surface area contributed by atoms with E-state index in [-0.39, 0.29) is 30.3 Å². The molecule has 7 heteroatoms. The van der Waals surface area contributed by atoms with E-state index in [2.05, 4.69) is 59.7 Å². The Balaban J connectivity index is 0.00000361. The predicted molar refractivity (Wildman–Crippen MR) is 151 cm³/mol. The lowest BCUT2D eigenvalue weighted by molar-refractivity contribution is -0.128. The topological polar surface area (TPSA) is 64.7 Å². The van der Waals surface area contributed by atoms with Crippen molar-refractivity contribution in [2.45, 2.75) is 45.8 Å². The van der Waals surface area contributed by atoms with Crippen LogP contribution in [0, 0.1) is 5.92 Å². The number of hydrogen-bond acceptors (Lipinski definition) is 4. The van der Waals surface area contributed by atoms with Gasteiger partial charge >= 0.3 is 0 Å². The fourth-order valence-corrected chi connectivity index (χ4v) is 4.59. The fourth-order valence-electron chi connectivity index (χ4n) is 4.59. The second-order valence-electron chi connectivity index (χ2n) is 9.75. The summed E-state index contributed by atoms with van der Waals surface area (Å²) in [6, 6.07) is 21.5. The Labute approximate surface area is 220 Å². The molecule has 1 aliphatic rings. The summed E-state index contributed by atoms with van der Waals surface area (Å²) in [4.78, 5) is 31.0. The lowest BCUT2D eigenvalue weighted by Gasteiger charge is -2.28. The molecule has 2 atom stereocenters. The largest absolute Gasteiger partial charge is 0.367 e. The number of likely N-dealkylation sites (N-methyl/N-ethyl adjacent to an activating group) is 1. The maximum Gasteiger partial charge on any atom is 0.251 e. The number of nitrogens with one attached hydrogen (secondary N) is 2. The van der Waals surface area contributed by atoms with Crippen LogP contribution in [0.5, 0.6) is 0 Å². The van der Waals surface area contributed by atoms with Gasteiger partial charge in [-0.25, -0.2) is 0 Å². The van der Waals surface area contributed by atoms with Crippen molar-refractivity contribution < 1.29 is 9.59 Å². The van der Waals surface area contributed by atoms with Crippen LogP contribution in [0.15, 0.2) is 66.7 Å². The maximum absolute atomic E-state index is 14.0. The Kier molecular flexibility index (Phi) is 9.35. The Hall–Kier alpha value is -3.09. The van der Waals surface area contributed by atoms with Crippen molar-refractivity contribution in [1.82, 2.24) is 10.6 Å². The van der Waals surface area contributed by atoms with Gasteiger partial charge in [-0.15, -0.1) is 12.4 Å². The number of fused-ring (bicyclic) bond motifs is 2. The molecule has 1 heterocycles. The van der Waals surface area contributed by atoms with Crippen molar-refractivity contribution in [3.8, 4) is 0 Å². The van der Waals surface area contributed by atoms with Gasteiger partial charge in [0.15, 0.2) is 0 Å². The van der Waals surface area contributed by atoms with Crippen molar-refractivity contribution in [2.24, 2.45) is 5.92 Å². The van der Waals surface area contributed by atoms with Crippen molar-refractivity contribution in [2.75, 3.05) is 29.9 Å². The highest BCUT2D eigenvalue weighted by Crippen LogP contribution is 2.35. The Bertz CT molecular complexity index is 1190. The summed E-state index contributed by atoms with van der Waals surface area (Å²) in [6.45, 7) is 7.90. The molecule has 1 aliphatic heterocycles. The van der Waals surface area contributed by atoms with Crippen LogP contribution in [0.3, 0.4) is 0 Å². The number of para-hydroxylation sites is 2. The number of anilines is 2. The lowest BCUT2D eigenvalue weighted by atomic mass is 10.0. The van der Waals surface area contributed by atoms with Crippen LogP contribution in [0.25, 0.3) is 10.8 Å². The minimum atomic E-state index is -0.646. The van der Waals surface area contributed by atoms with Crippen LogP contribution in [0.2, 0.25) is 0 Å². The number of carbonyl (C=O) groups excluding carboxylic acids is 2. The van der Waals surface area contributed by atoms with Crippen molar-refractivity contribution in [3.05, 3.63) is 72.3 Å². The second-order valence-corrected chi connectivity index (χ2v) is 9.75. The highest BCUT2D eigenvalue weighted by Gasteiger charge is 2.35. The third kappa shape index (κ3) is 6.00. The van der Waals surface area contributed by atoms with Gasteiger partial charge in [-0.05, 0) is 54.8 Å². The zero-order chi connectivity index (χ0) is 24.9. The van der Waals surface area contributed by atoms with E-state index in [1.54, 1.807) is 14.0 Å². The number of amides is 2. The first-order valence-corrected chi connectivity index (χ1v) is 12.5. The lowest BCUT2D eigenvalue weighted by Crippen LogP contribution is -2.55. The third-order valence-corrected chi connectivity index (χ3v) is 6.81. The molecule has 6 nitrogen and oxygen atoms in total. The molecule has 2 N–H and O–H groups in total. The van der Waals surface area contributed by atoms with E-state index in [4.69, 9.17) is 0 Å². The van der Waals surface area contributed by atoms with E-state index >= 15 is 0 Å². The Morgan fingerprint density at radius 2 is 1.64 bits per heavy atom. The quantitative estimate of drug-likeness (QED) is 0.460. The van der Waals surface area contributed by atoms with Gasteiger partial charge in [0.2, 0.25) is 5.91 Å². The van der Waals surface area contributed by atoms with Gasteiger partial charge in [0, 0.05) is 13.1 Å². The second kappa shape index (κ2) is 12.2.